The van der Waals surface area contributed by atoms with E-state index in [0.29, 0.717) is 0 Å². The molecule has 5 heteroatoms. The van der Waals surface area contributed by atoms with Crippen molar-refractivity contribution in [3.05, 3.63) is 0 Å². The molecule has 0 aliphatic heterocycles. The maximum atomic E-state index is 9.62. The van der Waals surface area contributed by atoms with Crippen LogP contribution in [0.5, 0.6) is 0 Å². The minimum atomic E-state index is -1.38. The smallest absolute Gasteiger partial charge is 0.105 e. The van der Waals surface area contributed by atoms with Crippen LogP contribution in [-0.2, 0) is 0 Å². The number of hydrogen-bond donors (Lipinski definition) is 4. The molecule has 80 valence electrons. The van der Waals surface area contributed by atoms with E-state index in [0.717, 1.165) is 12.1 Å². The Morgan fingerprint density at radius 1 is 1.08 bits per heavy atom. The maximum absolute atomic E-state index is 9.62. The topological polar surface area (TPSA) is 80.9 Å². The highest BCUT2D eigenvalue weighted by molar-refractivity contribution is 6.60. The van der Waals surface area contributed by atoms with Gasteiger partial charge < -0.3 is 20.4 Å². The van der Waals surface area contributed by atoms with E-state index in [9.17, 15) is 10.2 Å². The van der Waals surface area contributed by atoms with E-state index in [4.69, 9.17) is 10.2 Å². The van der Waals surface area contributed by atoms with Crippen LogP contribution in [0.3, 0.4) is 0 Å². The van der Waals surface area contributed by atoms with Crippen molar-refractivity contribution < 1.29 is 20.4 Å². The van der Waals surface area contributed by atoms with Gasteiger partial charge in [0.1, 0.15) is 12.2 Å². The summed E-state index contributed by atoms with van der Waals surface area (Å²) in [7, 11) is -1.38. The van der Waals surface area contributed by atoms with Crippen LogP contribution >= 0.6 is 0 Å². The molecule has 0 aromatic carbocycles. The molecule has 3 unspecified atom stereocenters. The van der Waals surface area contributed by atoms with E-state index in [1.807, 2.05) is 13.8 Å². The van der Waals surface area contributed by atoms with E-state index < -0.39 is 33.3 Å². The van der Waals surface area contributed by atoms with Crippen LogP contribution in [0.25, 0.3) is 0 Å². The molecule has 0 spiro atoms. The summed E-state index contributed by atoms with van der Waals surface area (Å²) in [6, 6.07) is 1.76. The molecule has 0 aromatic heterocycles. The number of aliphatic hydroxyl groups excluding tert-OH is 4. The van der Waals surface area contributed by atoms with Crippen molar-refractivity contribution in [3.8, 4) is 0 Å². The summed E-state index contributed by atoms with van der Waals surface area (Å²) in [5.41, 5.74) is -0.822. The van der Waals surface area contributed by atoms with Gasteiger partial charge in [-0.1, -0.05) is 25.9 Å². The van der Waals surface area contributed by atoms with Crippen molar-refractivity contribution in [1.82, 2.24) is 0 Å². The fourth-order valence-electron chi connectivity index (χ4n) is 1.39. The lowest BCUT2D eigenvalue weighted by Gasteiger charge is -2.26. The summed E-state index contributed by atoms with van der Waals surface area (Å²) in [6.07, 6.45) is -2.41. The second kappa shape index (κ2) is 6.50. The average molecular weight is 208 g/mol. The first-order chi connectivity index (χ1) is 6.08. The Balaban J connectivity index is 4.13. The lowest BCUT2D eigenvalue weighted by atomic mass is 10.2. The van der Waals surface area contributed by atoms with Crippen LogP contribution in [0.4, 0.5) is 0 Å². The molecule has 0 heterocycles. The Hall–Kier alpha value is 0.0569. The molecule has 0 saturated heterocycles. The molecule has 0 rings (SSSR count). The van der Waals surface area contributed by atoms with Crippen molar-refractivity contribution in [2.75, 3.05) is 6.61 Å². The van der Waals surface area contributed by atoms with E-state index in [-0.39, 0.29) is 0 Å². The van der Waals surface area contributed by atoms with Gasteiger partial charge in [0.15, 0.2) is 0 Å². The lowest BCUT2D eigenvalue weighted by Crippen LogP contribution is -2.47. The molecule has 0 aromatic rings. The molecular formula is C8H20O4Si. The van der Waals surface area contributed by atoms with Crippen molar-refractivity contribution in [3.63, 3.8) is 0 Å². The molecule has 0 saturated carbocycles. The summed E-state index contributed by atoms with van der Waals surface area (Å²) in [5.74, 6) is 0. The van der Waals surface area contributed by atoms with E-state index in [1.165, 1.54) is 0 Å². The Labute approximate surface area is 80.4 Å². The van der Waals surface area contributed by atoms with Gasteiger partial charge in [-0.3, -0.25) is 0 Å². The summed E-state index contributed by atoms with van der Waals surface area (Å²) in [5, 5.41) is 36.7. The number of aliphatic hydroxyl groups is 4. The highest BCUT2D eigenvalue weighted by Crippen LogP contribution is 2.10. The van der Waals surface area contributed by atoms with E-state index >= 15 is 0 Å². The van der Waals surface area contributed by atoms with E-state index in [2.05, 4.69) is 0 Å². The molecule has 0 aliphatic carbocycles. The second-order valence-electron chi connectivity index (χ2n) is 3.31. The van der Waals surface area contributed by atoms with Crippen LogP contribution < -0.4 is 0 Å². The third-order valence-electron chi connectivity index (χ3n) is 2.46. The first-order valence-electron chi connectivity index (χ1n) is 4.73. The van der Waals surface area contributed by atoms with Crippen LogP contribution in [-0.4, -0.2) is 53.8 Å². The Bertz CT molecular complexity index is 129. The average Bonchev–Trinajstić information content (AvgIpc) is 2.17. The summed E-state index contributed by atoms with van der Waals surface area (Å²) >= 11 is 0. The van der Waals surface area contributed by atoms with Gasteiger partial charge in [0, 0.05) is 0 Å². The van der Waals surface area contributed by atoms with Gasteiger partial charge in [-0.15, -0.1) is 0 Å². The molecular weight excluding hydrogens is 188 g/mol. The molecule has 0 amide bonds. The quantitative estimate of drug-likeness (QED) is 0.416. The molecule has 4 nitrogen and oxygen atoms in total. The Morgan fingerprint density at radius 3 is 1.85 bits per heavy atom. The monoisotopic (exact) mass is 208 g/mol. The van der Waals surface area contributed by atoms with Gasteiger partial charge in [-0.05, 0) is 0 Å². The van der Waals surface area contributed by atoms with Gasteiger partial charge >= 0.3 is 0 Å². The molecule has 0 bridgehead atoms. The predicted molar refractivity (Wildman–Crippen MR) is 53.2 cm³/mol. The van der Waals surface area contributed by atoms with Crippen molar-refractivity contribution in [2.45, 2.75) is 43.9 Å². The Kier molecular flexibility index (Phi) is 6.53. The Morgan fingerprint density at radius 2 is 1.54 bits per heavy atom. The zero-order valence-corrected chi connectivity index (χ0v) is 9.37. The first-order valence-corrected chi connectivity index (χ1v) is 7.03. The minimum absolute atomic E-state index is 0.507. The SMILES string of the molecule is CC[SiH](CC)C(O)C(O)C(O)CO. The summed E-state index contributed by atoms with van der Waals surface area (Å²) in [6.45, 7) is 3.44. The lowest BCUT2D eigenvalue weighted by molar-refractivity contribution is -0.0537. The second-order valence-corrected chi connectivity index (χ2v) is 7.14. The molecule has 4 N–H and O–H groups in total. The molecule has 3 atom stereocenters. The molecule has 0 radical (unpaired) electrons. The normalized spacial score (nSPS) is 18.7. The van der Waals surface area contributed by atoms with Crippen LogP contribution in [0, 0.1) is 0 Å². The largest absolute Gasteiger partial charge is 0.394 e. The van der Waals surface area contributed by atoms with Crippen molar-refractivity contribution >= 4 is 8.80 Å². The van der Waals surface area contributed by atoms with Crippen LogP contribution in [0.1, 0.15) is 13.8 Å². The minimum Gasteiger partial charge on any atom is -0.394 e. The van der Waals surface area contributed by atoms with Crippen LogP contribution in [0.2, 0.25) is 12.1 Å². The van der Waals surface area contributed by atoms with Gasteiger partial charge in [0.25, 0.3) is 0 Å². The van der Waals surface area contributed by atoms with Crippen molar-refractivity contribution in [2.24, 2.45) is 0 Å². The molecule has 0 aliphatic rings. The number of hydrogen-bond acceptors (Lipinski definition) is 4. The van der Waals surface area contributed by atoms with Crippen molar-refractivity contribution in [1.29, 1.82) is 0 Å². The fraction of sp³-hybridized carbons (Fsp3) is 1.00. The van der Waals surface area contributed by atoms with E-state index in [1.54, 1.807) is 0 Å². The third-order valence-corrected chi connectivity index (χ3v) is 5.92. The zero-order valence-electron chi connectivity index (χ0n) is 8.22. The van der Waals surface area contributed by atoms with Crippen LogP contribution in [0.15, 0.2) is 0 Å². The molecule has 13 heavy (non-hydrogen) atoms. The van der Waals surface area contributed by atoms with Gasteiger partial charge in [-0.2, -0.15) is 0 Å². The van der Waals surface area contributed by atoms with Gasteiger partial charge in [0.05, 0.1) is 21.1 Å². The number of rotatable bonds is 6. The summed E-state index contributed by atoms with van der Waals surface area (Å²) < 4.78 is 0. The third kappa shape index (κ3) is 3.74. The first kappa shape index (κ1) is 13.1. The fourth-order valence-corrected chi connectivity index (χ4v) is 3.74. The standard InChI is InChI=1S/C8H20O4Si/c1-3-13(4-2)8(12)7(11)6(10)5-9/h6-13H,3-5H2,1-2H3. The maximum Gasteiger partial charge on any atom is 0.105 e. The predicted octanol–water partition coefficient (Wildman–Crippen LogP) is -1.13. The zero-order chi connectivity index (χ0) is 10.4. The highest BCUT2D eigenvalue weighted by atomic mass is 28.3. The van der Waals surface area contributed by atoms with Gasteiger partial charge in [-0.25, -0.2) is 0 Å². The summed E-state index contributed by atoms with van der Waals surface area (Å²) in [4.78, 5) is 0. The molecule has 0 fully saturated rings. The van der Waals surface area contributed by atoms with Gasteiger partial charge in [0.2, 0.25) is 0 Å². The highest BCUT2D eigenvalue weighted by Gasteiger charge is 2.29.